The lowest BCUT2D eigenvalue weighted by molar-refractivity contribution is 0.0505. The summed E-state index contributed by atoms with van der Waals surface area (Å²) in [6.07, 6.45) is 6.48. The Morgan fingerprint density at radius 2 is 1.71 bits per heavy atom. The van der Waals surface area contributed by atoms with Crippen LogP contribution in [-0.2, 0) is 16.6 Å². The summed E-state index contributed by atoms with van der Waals surface area (Å²) in [5.41, 5.74) is 4.34. The molecule has 0 aliphatic carbocycles. The fourth-order valence-electron chi connectivity index (χ4n) is 6.59. The van der Waals surface area contributed by atoms with Gasteiger partial charge in [-0.2, -0.15) is 4.98 Å². The van der Waals surface area contributed by atoms with E-state index in [1.165, 1.54) is 12.1 Å². The molecule has 2 aliphatic rings. The first kappa shape index (κ1) is 33.3. The number of aryl methyl sites for hydroxylation is 2. The monoisotopic (exact) mass is 669 g/mol. The number of hydrogen-bond donors (Lipinski definition) is 1. The molecule has 1 fully saturated rings. The van der Waals surface area contributed by atoms with Crippen molar-refractivity contribution in [3.8, 4) is 17.1 Å². The summed E-state index contributed by atoms with van der Waals surface area (Å²) in [6, 6.07) is 13.6. The quantitative estimate of drug-likeness (QED) is 0.265. The molecule has 11 nitrogen and oxygen atoms in total. The summed E-state index contributed by atoms with van der Waals surface area (Å²) in [4.78, 5) is 36.8. The molecule has 0 radical (unpaired) electrons. The largest absolute Gasteiger partial charge is 0.475 e. The third kappa shape index (κ3) is 7.28. The summed E-state index contributed by atoms with van der Waals surface area (Å²) in [5.74, 6) is 0.206. The fraction of sp³-hybridized carbons (Fsp3) is 0.417. The van der Waals surface area contributed by atoms with E-state index < -0.39 is 16.1 Å². The first-order valence-electron chi connectivity index (χ1n) is 16.4. The number of anilines is 2. The van der Waals surface area contributed by atoms with Crippen LogP contribution in [0.4, 0.5) is 11.6 Å². The molecular formula is C36H43N7O4S. The summed E-state index contributed by atoms with van der Waals surface area (Å²) < 4.78 is 36.2. The van der Waals surface area contributed by atoms with Crippen LogP contribution < -0.4 is 14.4 Å². The molecule has 1 amide bonds. The number of carbonyl (C=O) groups is 1. The molecule has 2 aromatic carbocycles. The minimum atomic E-state index is -4.17. The number of sulfonamides is 1. The van der Waals surface area contributed by atoms with Crippen molar-refractivity contribution in [1.82, 2.24) is 24.8 Å². The Morgan fingerprint density at radius 3 is 2.38 bits per heavy atom. The summed E-state index contributed by atoms with van der Waals surface area (Å²) >= 11 is 0. The van der Waals surface area contributed by atoms with Crippen LogP contribution in [0.25, 0.3) is 11.3 Å². The van der Waals surface area contributed by atoms with Crippen LogP contribution in [0, 0.1) is 19.3 Å². The van der Waals surface area contributed by atoms with Crippen LogP contribution in [0.1, 0.15) is 74.3 Å². The number of carbonyl (C=O) groups excluding carboxylic acids is 1. The number of benzene rings is 2. The van der Waals surface area contributed by atoms with E-state index in [-0.39, 0.29) is 46.8 Å². The molecule has 4 heterocycles. The average Bonchev–Trinajstić information content (AvgIpc) is 3.46. The fourth-order valence-corrected chi connectivity index (χ4v) is 7.58. The van der Waals surface area contributed by atoms with Crippen LogP contribution in [0.3, 0.4) is 0 Å². The maximum absolute atomic E-state index is 14.4. The lowest BCUT2D eigenvalue weighted by atomic mass is 9.87. The second-order valence-corrected chi connectivity index (χ2v) is 15.7. The molecule has 2 aliphatic heterocycles. The van der Waals surface area contributed by atoms with E-state index in [2.05, 4.69) is 57.3 Å². The van der Waals surface area contributed by atoms with Gasteiger partial charge in [0.25, 0.3) is 15.9 Å². The molecule has 4 bridgehead atoms. The Morgan fingerprint density at radius 1 is 1.00 bits per heavy atom. The normalized spacial score (nSPS) is 19.5. The molecule has 0 saturated carbocycles. The maximum atomic E-state index is 14.4. The van der Waals surface area contributed by atoms with Crippen molar-refractivity contribution in [2.75, 3.05) is 22.8 Å². The molecule has 0 spiro atoms. The number of ether oxygens (including phenoxy) is 1. The Balaban J connectivity index is 1.44. The van der Waals surface area contributed by atoms with Crippen LogP contribution in [-0.4, -0.2) is 64.4 Å². The van der Waals surface area contributed by atoms with E-state index in [9.17, 15) is 13.2 Å². The first-order valence-corrected chi connectivity index (χ1v) is 17.9. The standard InChI is InChI=1S/C36H43N7O4S/c1-23-10-7-11-24(2)33(23)30-17-32-40-35(39-30)41-48(45,46)29-14-8-13-26(16-29)34(44)43(27(22-47-32)18-36(4,5)6)21-31-37-19-28(20-38-31)42-15-9-12-25(42)3/h7-8,10-11,13-14,16-17,19-20,25,27H,9,12,15,18,21-22H2,1-6H3,(H,39,40,41)/t25-,27-/m1/s1. The van der Waals surface area contributed by atoms with E-state index in [1.807, 2.05) is 44.4 Å². The number of rotatable bonds is 5. The van der Waals surface area contributed by atoms with Gasteiger partial charge < -0.3 is 14.5 Å². The highest BCUT2D eigenvalue weighted by Gasteiger charge is 2.32. The predicted molar refractivity (Wildman–Crippen MR) is 185 cm³/mol. The average molecular weight is 670 g/mol. The second-order valence-electron chi connectivity index (χ2n) is 14.0. The van der Waals surface area contributed by atoms with Gasteiger partial charge in [-0.05, 0) is 74.8 Å². The van der Waals surface area contributed by atoms with Gasteiger partial charge in [0, 0.05) is 29.8 Å². The van der Waals surface area contributed by atoms with Gasteiger partial charge in [0.1, 0.15) is 12.4 Å². The Hall–Kier alpha value is -4.58. The summed E-state index contributed by atoms with van der Waals surface area (Å²) in [7, 11) is -4.17. The smallest absolute Gasteiger partial charge is 0.264 e. The Kier molecular flexibility index (Phi) is 9.12. The van der Waals surface area contributed by atoms with Crippen molar-refractivity contribution in [2.45, 2.75) is 84.3 Å². The number of fused-ring (bicyclic) bond motifs is 4. The molecule has 2 aromatic heterocycles. The van der Waals surface area contributed by atoms with E-state index in [0.717, 1.165) is 41.8 Å². The number of aromatic nitrogens is 4. The van der Waals surface area contributed by atoms with Crippen LogP contribution in [0.15, 0.2) is 65.8 Å². The molecule has 48 heavy (non-hydrogen) atoms. The zero-order valence-corrected chi connectivity index (χ0v) is 29.2. The van der Waals surface area contributed by atoms with E-state index in [0.29, 0.717) is 24.0 Å². The number of hydrogen-bond acceptors (Lipinski definition) is 9. The van der Waals surface area contributed by atoms with Crippen LogP contribution >= 0.6 is 0 Å². The van der Waals surface area contributed by atoms with Gasteiger partial charge in [0.2, 0.25) is 11.8 Å². The van der Waals surface area contributed by atoms with Gasteiger partial charge >= 0.3 is 0 Å². The SMILES string of the molecule is Cc1cccc(C)c1-c1cc2nc(n1)NS(=O)(=O)c1cccc(c1)C(=O)N(Cc1ncc(N3CCC[C@H]3C)cn1)[C@H](CC(C)(C)C)CO2. The molecule has 1 N–H and O–H groups in total. The zero-order valence-electron chi connectivity index (χ0n) is 28.4. The molecular weight excluding hydrogens is 627 g/mol. The van der Waals surface area contributed by atoms with Gasteiger partial charge in [0.05, 0.1) is 41.3 Å². The Labute approximate surface area is 282 Å². The van der Waals surface area contributed by atoms with E-state index in [4.69, 9.17) is 4.74 Å². The number of nitrogens with zero attached hydrogens (tertiary/aromatic N) is 6. The van der Waals surface area contributed by atoms with Gasteiger partial charge in [-0.3, -0.25) is 4.79 Å². The highest BCUT2D eigenvalue weighted by atomic mass is 32.2. The third-order valence-electron chi connectivity index (χ3n) is 8.92. The van der Waals surface area contributed by atoms with Crippen LogP contribution in [0.2, 0.25) is 0 Å². The topological polar surface area (TPSA) is 131 Å². The minimum absolute atomic E-state index is 0.0798. The van der Waals surface area contributed by atoms with E-state index >= 15 is 0 Å². The number of amides is 1. The van der Waals surface area contributed by atoms with E-state index in [1.54, 1.807) is 23.1 Å². The minimum Gasteiger partial charge on any atom is -0.475 e. The van der Waals surface area contributed by atoms with Crippen molar-refractivity contribution in [1.29, 1.82) is 0 Å². The summed E-state index contributed by atoms with van der Waals surface area (Å²) in [6.45, 7) is 13.7. The lowest BCUT2D eigenvalue weighted by Crippen LogP contribution is -2.45. The highest BCUT2D eigenvalue weighted by Crippen LogP contribution is 2.32. The second kappa shape index (κ2) is 13.1. The first-order chi connectivity index (χ1) is 22.8. The Bertz CT molecular complexity index is 1910. The van der Waals surface area contributed by atoms with Crippen molar-refractivity contribution in [3.05, 3.63) is 83.4 Å². The highest BCUT2D eigenvalue weighted by molar-refractivity contribution is 7.92. The van der Waals surface area contributed by atoms with Gasteiger partial charge in [0.15, 0.2) is 0 Å². The summed E-state index contributed by atoms with van der Waals surface area (Å²) in [5, 5.41) is 0. The van der Waals surface area contributed by atoms with Crippen LogP contribution in [0.5, 0.6) is 5.88 Å². The predicted octanol–water partition coefficient (Wildman–Crippen LogP) is 6.18. The zero-order chi connectivity index (χ0) is 34.2. The number of nitrogens with one attached hydrogen (secondary N) is 1. The molecule has 6 rings (SSSR count). The molecule has 252 valence electrons. The molecule has 1 saturated heterocycles. The van der Waals surface area contributed by atoms with Gasteiger partial charge in [-0.15, -0.1) is 0 Å². The molecule has 0 unspecified atom stereocenters. The molecule has 12 heteroatoms. The van der Waals surface area contributed by atoms with Crippen molar-refractivity contribution < 1.29 is 17.9 Å². The van der Waals surface area contributed by atoms with Crippen molar-refractivity contribution in [2.24, 2.45) is 5.41 Å². The molecule has 2 atom stereocenters. The molecule has 4 aromatic rings. The van der Waals surface area contributed by atoms with Crippen molar-refractivity contribution in [3.63, 3.8) is 0 Å². The lowest BCUT2D eigenvalue weighted by Gasteiger charge is -2.35. The van der Waals surface area contributed by atoms with Gasteiger partial charge in [-0.25, -0.2) is 28.1 Å². The van der Waals surface area contributed by atoms with Gasteiger partial charge in [-0.1, -0.05) is 45.0 Å². The third-order valence-corrected chi connectivity index (χ3v) is 10.2. The van der Waals surface area contributed by atoms with Crippen molar-refractivity contribution >= 4 is 27.6 Å². The maximum Gasteiger partial charge on any atom is 0.264 e.